The number of sulfone groups is 1. The van der Waals surface area contributed by atoms with Crippen molar-refractivity contribution in [2.45, 2.75) is 82.1 Å². The number of carbonyl (C=O) groups excluding carboxylic acids is 1. The molecule has 0 spiro atoms. The second-order valence-corrected chi connectivity index (χ2v) is 13.1. The van der Waals surface area contributed by atoms with Crippen LogP contribution in [0.3, 0.4) is 0 Å². The quantitative estimate of drug-likeness (QED) is 0.416. The highest BCUT2D eigenvalue weighted by Gasteiger charge is 2.42. The normalized spacial score (nSPS) is 22.6. The zero-order valence-corrected chi connectivity index (χ0v) is 23.6. The molecule has 2 aliphatic rings. The van der Waals surface area contributed by atoms with Crippen molar-refractivity contribution in [3.05, 3.63) is 53.1 Å². The van der Waals surface area contributed by atoms with Crippen molar-refractivity contribution >= 4 is 15.7 Å². The Balaban J connectivity index is 1.43. The maximum Gasteiger partial charge on any atom is 0.391 e. The molecule has 220 valence electrons. The number of nitrogens with zero attached hydrogens (tertiary/aromatic N) is 3. The molecule has 2 N–H and O–H groups in total. The number of alkyl halides is 3. The van der Waals surface area contributed by atoms with Crippen LogP contribution in [-0.4, -0.2) is 59.4 Å². The molecule has 2 aromatic heterocycles. The third kappa shape index (κ3) is 6.83. The first kappa shape index (κ1) is 30.4. The minimum Gasteiger partial charge on any atom is -0.394 e. The Labute approximate surface area is 233 Å². The predicted octanol–water partition coefficient (Wildman–Crippen LogP) is 4.76. The number of hydrogen-bond acceptors (Lipinski definition) is 7. The van der Waals surface area contributed by atoms with Crippen molar-refractivity contribution in [2.75, 3.05) is 18.9 Å². The van der Waals surface area contributed by atoms with Gasteiger partial charge in [0.15, 0.2) is 9.84 Å². The van der Waals surface area contributed by atoms with Crippen LogP contribution in [0.25, 0.3) is 0 Å². The van der Waals surface area contributed by atoms with Gasteiger partial charge < -0.3 is 10.4 Å². The number of aromatic nitrogens is 2. The Bertz CT molecular complexity index is 1280. The molecule has 0 saturated heterocycles. The van der Waals surface area contributed by atoms with E-state index in [2.05, 4.69) is 27.1 Å². The first-order valence-corrected chi connectivity index (χ1v) is 15.5. The molecule has 1 aliphatic heterocycles. The number of pyridine rings is 2. The van der Waals surface area contributed by atoms with Crippen LogP contribution in [0.1, 0.15) is 91.8 Å². The Morgan fingerprint density at radius 2 is 1.88 bits per heavy atom. The van der Waals surface area contributed by atoms with Gasteiger partial charge in [-0.05, 0) is 61.8 Å². The highest BCUT2D eigenvalue weighted by atomic mass is 32.2. The summed E-state index contributed by atoms with van der Waals surface area (Å²) in [5.41, 5.74) is 2.47. The summed E-state index contributed by atoms with van der Waals surface area (Å²) in [7, 11) is -3.42. The van der Waals surface area contributed by atoms with Gasteiger partial charge in [-0.1, -0.05) is 20.3 Å². The summed E-state index contributed by atoms with van der Waals surface area (Å²) in [6.07, 6.45) is 1.86. The molecular weight excluding hydrogens is 545 g/mol. The van der Waals surface area contributed by atoms with Crippen LogP contribution in [-0.2, 0) is 16.4 Å². The van der Waals surface area contributed by atoms with Crippen molar-refractivity contribution in [2.24, 2.45) is 11.8 Å². The second-order valence-electron chi connectivity index (χ2n) is 10.8. The first-order chi connectivity index (χ1) is 19.0. The van der Waals surface area contributed by atoms with Crippen molar-refractivity contribution in [3.8, 4) is 0 Å². The fourth-order valence-electron chi connectivity index (χ4n) is 5.77. The van der Waals surface area contributed by atoms with E-state index >= 15 is 0 Å². The van der Waals surface area contributed by atoms with E-state index in [9.17, 15) is 31.5 Å². The fraction of sp³-hybridized carbons (Fsp3) is 0.607. The fourth-order valence-corrected chi connectivity index (χ4v) is 6.59. The van der Waals surface area contributed by atoms with E-state index in [-0.39, 0.29) is 35.4 Å². The van der Waals surface area contributed by atoms with E-state index in [0.29, 0.717) is 37.2 Å². The van der Waals surface area contributed by atoms with Gasteiger partial charge in [-0.2, -0.15) is 13.2 Å². The summed E-state index contributed by atoms with van der Waals surface area (Å²) in [6.45, 7) is 4.47. The molecule has 2 atom stereocenters. The van der Waals surface area contributed by atoms with Crippen molar-refractivity contribution in [1.29, 1.82) is 0 Å². The van der Waals surface area contributed by atoms with Gasteiger partial charge in [0.1, 0.15) is 0 Å². The number of aliphatic hydroxyl groups is 1. The average molecular weight is 583 g/mol. The van der Waals surface area contributed by atoms with Gasteiger partial charge >= 0.3 is 6.18 Å². The zero-order valence-electron chi connectivity index (χ0n) is 22.8. The number of aliphatic hydroxyl groups excluding tert-OH is 1. The largest absolute Gasteiger partial charge is 0.394 e. The summed E-state index contributed by atoms with van der Waals surface area (Å²) >= 11 is 0. The SMILES string of the molecule is CCC[C@@H]1c2ncc(C(=O)N[C@@H](CO)c3ccc(S(=O)(=O)CC)cn3)cc2CN1CC1CCC(C(F)(F)F)CC1. The van der Waals surface area contributed by atoms with E-state index in [1.54, 1.807) is 6.07 Å². The van der Waals surface area contributed by atoms with Crippen LogP contribution in [0.2, 0.25) is 0 Å². The lowest BCUT2D eigenvalue weighted by molar-refractivity contribution is -0.184. The molecule has 1 fully saturated rings. The Kier molecular flexibility index (Phi) is 9.51. The summed E-state index contributed by atoms with van der Waals surface area (Å²) in [5.74, 6) is -1.51. The molecule has 2 aromatic rings. The third-order valence-electron chi connectivity index (χ3n) is 8.10. The maximum absolute atomic E-state index is 13.1. The van der Waals surface area contributed by atoms with E-state index in [1.807, 2.05) is 0 Å². The lowest BCUT2D eigenvalue weighted by Gasteiger charge is -2.34. The van der Waals surface area contributed by atoms with Gasteiger partial charge in [0.05, 0.1) is 52.2 Å². The topological polar surface area (TPSA) is 112 Å². The Morgan fingerprint density at radius 1 is 1.15 bits per heavy atom. The van der Waals surface area contributed by atoms with E-state index < -0.39 is 40.5 Å². The second kappa shape index (κ2) is 12.5. The van der Waals surface area contributed by atoms with Gasteiger partial charge in [0.25, 0.3) is 5.91 Å². The molecule has 8 nitrogen and oxygen atoms in total. The number of fused-ring (bicyclic) bond motifs is 1. The maximum atomic E-state index is 13.1. The molecule has 0 unspecified atom stereocenters. The van der Waals surface area contributed by atoms with Crippen LogP contribution >= 0.6 is 0 Å². The molecular formula is C28H37F3N4O4S. The Morgan fingerprint density at radius 3 is 2.45 bits per heavy atom. The molecule has 12 heteroatoms. The lowest BCUT2D eigenvalue weighted by Crippen LogP contribution is -2.33. The van der Waals surface area contributed by atoms with Crippen molar-refractivity contribution in [1.82, 2.24) is 20.2 Å². The van der Waals surface area contributed by atoms with E-state index in [1.165, 1.54) is 31.5 Å². The summed E-state index contributed by atoms with van der Waals surface area (Å²) < 4.78 is 63.4. The predicted molar refractivity (Wildman–Crippen MR) is 143 cm³/mol. The summed E-state index contributed by atoms with van der Waals surface area (Å²) in [4.78, 5) is 24.2. The van der Waals surface area contributed by atoms with Crippen LogP contribution in [0.5, 0.6) is 0 Å². The van der Waals surface area contributed by atoms with Crippen LogP contribution in [0.4, 0.5) is 13.2 Å². The average Bonchev–Trinajstić information content (AvgIpc) is 3.27. The molecule has 0 bridgehead atoms. The van der Waals surface area contributed by atoms with E-state index in [4.69, 9.17) is 0 Å². The smallest absolute Gasteiger partial charge is 0.391 e. The molecule has 0 radical (unpaired) electrons. The highest BCUT2D eigenvalue weighted by molar-refractivity contribution is 7.91. The highest BCUT2D eigenvalue weighted by Crippen LogP contribution is 2.42. The van der Waals surface area contributed by atoms with Gasteiger partial charge in [0, 0.05) is 25.5 Å². The molecule has 40 heavy (non-hydrogen) atoms. The van der Waals surface area contributed by atoms with Crippen LogP contribution < -0.4 is 5.32 Å². The first-order valence-electron chi connectivity index (χ1n) is 13.9. The van der Waals surface area contributed by atoms with Crippen molar-refractivity contribution < 1.29 is 31.5 Å². The van der Waals surface area contributed by atoms with Crippen LogP contribution in [0, 0.1) is 11.8 Å². The number of nitrogens with one attached hydrogen (secondary N) is 1. The minimum atomic E-state index is -4.12. The minimum absolute atomic E-state index is 0.0600. The monoisotopic (exact) mass is 582 g/mol. The zero-order chi connectivity index (χ0) is 29.1. The molecule has 0 aromatic carbocycles. The molecule has 1 saturated carbocycles. The molecule has 4 rings (SSSR count). The number of halogens is 3. The molecule has 1 amide bonds. The van der Waals surface area contributed by atoms with Gasteiger partial charge in [0.2, 0.25) is 0 Å². The lowest BCUT2D eigenvalue weighted by atomic mass is 9.81. The number of rotatable bonds is 10. The Hall–Kier alpha value is -2.57. The number of carbonyl (C=O) groups is 1. The van der Waals surface area contributed by atoms with Crippen LogP contribution in [0.15, 0.2) is 35.5 Å². The number of amides is 1. The molecule has 1 aliphatic carbocycles. The third-order valence-corrected chi connectivity index (χ3v) is 9.82. The van der Waals surface area contributed by atoms with E-state index in [0.717, 1.165) is 24.1 Å². The standard InChI is InChI=1S/C28H37F3N4O4S/c1-3-5-25-26-20(16-35(25)15-18-6-8-21(9-7-18)28(29,30)31)12-19(13-33-26)27(37)34-24(17-36)23-11-10-22(14-32-23)40(38,39)4-2/h10-14,18,21,24-25,36H,3-9,15-17H2,1-2H3,(H,34,37)/t18?,21?,24-,25+/m0/s1. The van der Waals surface area contributed by atoms with Crippen molar-refractivity contribution in [3.63, 3.8) is 0 Å². The van der Waals surface area contributed by atoms with Gasteiger partial charge in [-0.3, -0.25) is 19.7 Å². The van der Waals surface area contributed by atoms with Gasteiger partial charge in [-0.25, -0.2) is 8.42 Å². The summed E-state index contributed by atoms with van der Waals surface area (Å²) in [6, 6.07) is 3.89. The number of hydrogen-bond donors (Lipinski definition) is 2. The summed E-state index contributed by atoms with van der Waals surface area (Å²) in [5, 5.41) is 12.6. The van der Waals surface area contributed by atoms with Gasteiger partial charge in [-0.15, -0.1) is 0 Å². The molecule has 3 heterocycles.